The normalized spacial score (nSPS) is 13.8. The molecule has 0 bridgehead atoms. The van der Waals surface area contributed by atoms with Gasteiger partial charge in [-0.05, 0) is 40.8 Å². The predicted molar refractivity (Wildman–Crippen MR) is 108 cm³/mol. The summed E-state index contributed by atoms with van der Waals surface area (Å²) in [5.41, 5.74) is 6.07. The van der Waals surface area contributed by atoms with E-state index in [1.54, 1.807) is 0 Å². The summed E-state index contributed by atoms with van der Waals surface area (Å²) in [4.78, 5) is 14.8. The summed E-state index contributed by atoms with van der Waals surface area (Å²) in [5, 5.41) is 3.06. The lowest BCUT2D eigenvalue weighted by molar-refractivity contribution is 0.0950. The van der Waals surface area contributed by atoms with E-state index in [4.69, 9.17) is 0 Å². The molecule has 1 aliphatic heterocycles. The average Bonchev–Trinajstić information content (AvgIpc) is 2.73. The summed E-state index contributed by atoms with van der Waals surface area (Å²) in [7, 11) is 0. The molecule has 1 N–H and O–H groups in total. The number of rotatable bonds is 5. The molecule has 0 saturated heterocycles. The lowest BCUT2D eigenvalue weighted by Gasteiger charge is -2.30. The minimum Gasteiger partial charge on any atom is -0.348 e. The van der Waals surface area contributed by atoms with Crippen LogP contribution in [0.2, 0.25) is 0 Å². The minimum absolute atomic E-state index is 0.0188. The van der Waals surface area contributed by atoms with Crippen LogP contribution in [0.15, 0.2) is 78.9 Å². The summed E-state index contributed by atoms with van der Waals surface area (Å²) < 4.78 is 0. The first-order valence-corrected chi connectivity index (χ1v) is 9.49. The molecule has 136 valence electrons. The van der Waals surface area contributed by atoms with E-state index < -0.39 is 0 Å². The Balaban J connectivity index is 1.42. The van der Waals surface area contributed by atoms with Gasteiger partial charge in [-0.2, -0.15) is 0 Å². The third kappa shape index (κ3) is 4.26. The van der Waals surface area contributed by atoms with Gasteiger partial charge in [-0.3, -0.25) is 9.69 Å². The molecule has 0 atom stereocenters. The molecule has 0 spiro atoms. The van der Waals surface area contributed by atoms with Crippen LogP contribution in [-0.4, -0.2) is 17.4 Å². The fourth-order valence-corrected chi connectivity index (χ4v) is 3.76. The second kappa shape index (κ2) is 8.19. The van der Waals surface area contributed by atoms with Crippen molar-refractivity contribution in [2.45, 2.75) is 26.1 Å². The van der Waals surface area contributed by atoms with Crippen LogP contribution in [0, 0.1) is 0 Å². The van der Waals surface area contributed by atoms with E-state index in [-0.39, 0.29) is 5.91 Å². The number of carbonyl (C=O) groups is 1. The molecule has 0 unspecified atom stereocenters. The first-order chi connectivity index (χ1) is 13.3. The zero-order chi connectivity index (χ0) is 18.5. The molecule has 0 aromatic heterocycles. The van der Waals surface area contributed by atoms with Crippen LogP contribution < -0.4 is 5.32 Å². The first-order valence-electron chi connectivity index (χ1n) is 9.49. The number of hydrogen-bond acceptors (Lipinski definition) is 2. The predicted octanol–water partition coefficient (Wildman–Crippen LogP) is 4.17. The van der Waals surface area contributed by atoms with Crippen LogP contribution in [0.3, 0.4) is 0 Å². The van der Waals surface area contributed by atoms with Crippen molar-refractivity contribution in [1.29, 1.82) is 0 Å². The van der Waals surface area contributed by atoms with Crippen molar-refractivity contribution < 1.29 is 4.79 Å². The molecule has 0 radical (unpaired) electrons. The van der Waals surface area contributed by atoms with E-state index in [1.165, 1.54) is 22.3 Å². The van der Waals surface area contributed by atoms with Crippen molar-refractivity contribution in [3.63, 3.8) is 0 Å². The first kappa shape index (κ1) is 17.5. The fraction of sp³-hybridized carbons (Fsp3) is 0.208. The van der Waals surface area contributed by atoms with Crippen LogP contribution in [0.25, 0.3) is 0 Å². The molecule has 27 heavy (non-hydrogen) atoms. The SMILES string of the molecule is O=C(NCc1cccc2c1CCN(Cc1ccccc1)C2)c1ccccc1. The highest BCUT2D eigenvalue weighted by atomic mass is 16.1. The van der Waals surface area contributed by atoms with E-state index in [9.17, 15) is 4.79 Å². The molecule has 1 aliphatic rings. The molecular weight excluding hydrogens is 332 g/mol. The third-order valence-corrected chi connectivity index (χ3v) is 5.17. The van der Waals surface area contributed by atoms with Crippen molar-refractivity contribution in [2.24, 2.45) is 0 Å². The highest BCUT2D eigenvalue weighted by Gasteiger charge is 2.19. The highest BCUT2D eigenvalue weighted by Crippen LogP contribution is 2.24. The van der Waals surface area contributed by atoms with Gasteiger partial charge in [0.15, 0.2) is 0 Å². The summed E-state index contributed by atoms with van der Waals surface area (Å²) in [6.45, 7) is 3.57. The molecule has 4 rings (SSSR count). The maximum Gasteiger partial charge on any atom is 0.251 e. The average molecular weight is 356 g/mol. The molecule has 3 heteroatoms. The Kier molecular flexibility index (Phi) is 5.31. The van der Waals surface area contributed by atoms with Crippen molar-refractivity contribution in [1.82, 2.24) is 10.2 Å². The van der Waals surface area contributed by atoms with Crippen molar-refractivity contribution >= 4 is 5.91 Å². The van der Waals surface area contributed by atoms with E-state index in [0.29, 0.717) is 12.1 Å². The quantitative estimate of drug-likeness (QED) is 0.744. The summed E-state index contributed by atoms with van der Waals surface area (Å²) in [6.07, 6.45) is 1.03. The molecule has 1 amide bonds. The van der Waals surface area contributed by atoms with Gasteiger partial charge in [0.05, 0.1) is 0 Å². The molecular formula is C24H24N2O. The van der Waals surface area contributed by atoms with Gasteiger partial charge >= 0.3 is 0 Å². The van der Waals surface area contributed by atoms with E-state index >= 15 is 0 Å². The molecule has 3 aromatic carbocycles. The van der Waals surface area contributed by atoms with Gasteiger partial charge in [-0.25, -0.2) is 0 Å². The van der Waals surface area contributed by atoms with Crippen LogP contribution in [0.5, 0.6) is 0 Å². The van der Waals surface area contributed by atoms with Crippen molar-refractivity contribution in [3.8, 4) is 0 Å². The Morgan fingerprint density at radius 3 is 2.41 bits per heavy atom. The minimum atomic E-state index is -0.0188. The van der Waals surface area contributed by atoms with Crippen LogP contribution in [-0.2, 0) is 26.1 Å². The number of amides is 1. The lowest BCUT2D eigenvalue weighted by Crippen LogP contribution is -2.31. The van der Waals surface area contributed by atoms with Gasteiger partial charge in [0.2, 0.25) is 0 Å². The summed E-state index contributed by atoms with van der Waals surface area (Å²) in [6, 6.07) is 26.5. The maximum atomic E-state index is 12.3. The Hall–Kier alpha value is -2.91. The number of hydrogen-bond donors (Lipinski definition) is 1. The largest absolute Gasteiger partial charge is 0.348 e. The van der Waals surface area contributed by atoms with Crippen molar-refractivity contribution in [3.05, 3.63) is 107 Å². The second-order valence-corrected chi connectivity index (χ2v) is 7.05. The van der Waals surface area contributed by atoms with Crippen LogP contribution >= 0.6 is 0 Å². The van der Waals surface area contributed by atoms with Gasteiger partial charge in [0, 0.05) is 31.7 Å². The van der Waals surface area contributed by atoms with E-state index in [1.807, 2.05) is 30.3 Å². The highest BCUT2D eigenvalue weighted by molar-refractivity contribution is 5.94. The number of benzene rings is 3. The molecule has 1 heterocycles. The Labute approximate surface area is 160 Å². The molecule has 0 fully saturated rings. The maximum absolute atomic E-state index is 12.3. The van der Waals surface area contributed by atoms with Gasteiger partial charge in [-0.15, -0.1) is 0 Å². The zero-order valence-electron chi connectivity index (χ0n) is 15.4. The summed E-state index contributed by atoms with van der Waals surface area (Å²) >= 11 is 0. The number of carbonyl (C=O) groups excluding carboxylic acids is 1. The fourth-order valence-electron chi connectivity index (χ4n) is 3.76. The topological polar surface area (TPSA) is 32.3 Å². The van der Waals surface area contributed by atoms with E-state index in [2.05, 4.69) is 58.7 Å². The second-order valence-electron chi connectivity index (χ2n) is 7.05. The molecule has 0 aliphatic carbocycles. The van der Waals surface area contributed by atoms with Gasteiger partial charge in [-0.1, -0.05) is 66.7 Å². The lowest BCUT2D eigenvalue weighted by atomic mass is 9.94. The van der Waals surface area contributed by atoms with E-state index in [0.717, 1.165) is 26.1 Å². The Morgan fingerprint density at radius 1 is 0.889 bits per heavy atom. The summed E-state index contributed by atoms with van der Waals surface area (Å²) in [5.74, 6) is -0.0188. The number of nitrogens with zero attached hydrogens (tertiary/aromatic N) is 1. The number of fused-ring (bicyclic) bond motifs is 1. The molecule has 3 aromatic rings. The standard InChI is InChI=1S/C24H24N2O/c27-24(20-10-5-2-6-11-20)25-16-21-12-7-13-22-18-26(15-14-23(21)22)17-19-8-3-1-4-9-19/h1-13H,14-18H2,(H,25,27). The Bertz CT molecular complexity index is 906. The van der Waals surface area contributed by atoms with Crippen LogP contribution in [0.1, 0.15) is 32.6 Å². The third-order valence-electron chi connectivity index (χ3n) is 5.17. The van der Waals surface area contributed by atoms with Crippen molar-refractivity contribution in [2.75, 3.05) is 6.54 Å². The number of nitrogens with one attached hydrogen (secondary N) is 1. The van der Waals surface area contributed by atoms with Gasteiger partial charge in [0.1, 0.15) is 0 Å². The smallest absolute Gasteiger partial charge is 0.251 e. The van der Waals surface area contributed by atoms with Gasteiger partial charge < -0.3 is 5.32 Å². The Morgan fingerprint density at radius 2 is 1.63 bits per heavy atom. The molecule has 0 saturated carbocycles. The zero-order valence-corrected chi connectivity index (χ0v) is 15.4. The monoisotopic (exact) mass is 356 g/mol. The molecule has 3 nitrogen and oxygen atoms in total. The van der Waals surface area contributed by atoms with Crippen LogP contribution in [0.4, 0.5) is 0 Å². The van der Waals surface area contributed by atoms with Gasteiger partial charge in [0.25, 0.3) is 5.91 Å².